The number of phenols is 1. The Labute approximate surface area is 221 Å². The molecule has 0 amide bonds. The zero-order valence-corrected chi connectivity index (χ0v) is 21.5. The van der Waals surface area contributed by atoms with Crippen molar-refractivity contribution in [2.75, 3.05) is 20.1 Å². The van der Waals surface area contributed by atoms with E-state index in [1.165, 1.54) is 39.3 Å². The number of phenolic OH excluding ortho intramolecular Hbond substituents is 1. The zero-order chi connectivity index (χ0) is 27.5. The number of alkyl halides is 1. The van der Waals surface area contributed by atoms with Gasteiger partial charge in [-0.3, -0.25) is 0 Å². The first-order valence-corrected chi connectivity index (χ1v) is 12.4. The Morgan fingerprint density at radius 3 is 2.26 bits per heavy atom. The maximum Gasteiger partial charge on any atom is 0.344 e. The summed E-state index contributed by atoms with van der Waals surface area (Å²) < 4.78 is 22.9. The number of methoxy groups -OCH3 is 2. The van der Waals surface area contributed by atoms with Crippen LogP contribution in [0.3, 0.4) is 0 Å². The summed E-state index contributed by atoms with van der Waals surface area (Å²) in [5.41, 5.74) is -0.0290. The van der Waals surface area contributed by atoms with E-state index in [-0.39, 0.29) is 44.9 Å². The second-order valence-corrected chi connectivity index (χ2v) is 9.64. The van der Waals surface area contributed by atoms with Crippen LogP contribution in [0.1, 0.15) is 30.3 Å². The van der Waals surface area contributed by atoms with Crippen molar-refractivity contribution in [2.24, 2.45) is 0 Å². The van der Waals surface area contributed by atoms with Crippen molar-refractivity contribution in [3.05, 3.63) is 51.9 Å². The van der Waals surface area contributed by atoms with Gasteiger partial charge in [0.1, 0.15) is 47.2 Å². The van der Waals surface area contributed by atoms with Crippen LogP contribution in [0, 0.1) is 0 Å². The van der Waals surface area contributed by atoms with E-state index in [0.717, 1.165) is 0 Å². The summed E-state index contributed by atoms with van der Waals surface area (Å²) >= 11 is 5.82. The average Bonchev–Trinajstić information content (AvgIpc) is 3.21. The molecular weight excluding hydrogens is 520 g/mol. The van der Waals surface area contributed by atoms with Crippen molar-refractivity contribution in [3.63, 3.8) is 0 Å². The van der Waals surface area contributed by atoms with E-state index >= 15 is 0 Å². The minimum Gasteiger partial charge on any atom is -0.507 e. The van der Waals surface area contributed by atoms with E-state index in [0.29, 0.717) is 21.9 Å². The van der Waals surface area contributed by atoms with Crippen LogP contribution in [-0.2, 0) is 4.74 Å². The first-order valence-electron chi connectivity index (χ1n) is 11.9. The van der Waals surface area contributed by atoms with Crippen molar-refractivity contribution in [2.45, 2.75) is 43.5 Å². The summed E-state index contributed by atoms with van der Waals surface area (Å²) in [6.07, 6.45) is -7.15. The molecule has 1 aliphatic heterocycles. The van der Waals surface area contributed by atoms with Crippen LogP contribution in [0.4, 0.5) is 0 Å². The van der Waals surface area contributed by atoms with Crippen molar-refractivity contribution >= 4 is 44.1 Å². The first kappa shape index (κ1) is 26.5. The maximum atomic E-state index is 13.3. The molecule has 38 heavy (non-hydrogen) atoms. The number of halogens is 1. The highest BCUT2D eigenvalue weighted by molar-refractivity contribution is 6.20. The highest BCUT2D eigenvalue weighted by atomic mass is 35.5. The summed E-state index contributed by atoms with van der Waals surface area (Å²) in [4.78, 5) is 13.3. The predicted molar refractivity (Wildman–Crippen MR) is 139 cm³/mol. The van der Waals surface area contributed by atoms with Gasteiger partial charge in [-0.1, -0.05) is 6.07 Å². The third-order valence-electron chi connectivity index (χ3n) is 7.07. The number of hydrogen-bond donors (Lipinski definition) is 5. The van der Waals surface area contributed by atoms with Crippen molar-refractivity contribution in [1.82, 2.24) is 0 Å². The van der Waals surface area contributed by atoms with Gasteiger partial charge in [-0.15, -0.1) is 11.6 Å². The van der Waals surface area contributed by atoms with Crippen LogP contribution >= 0.6 is 11.6 Å². The maximum absolute atomic E-state index is 13.3. The van der Waals surface area contributed by atoms with Gasteiger partial charge in [-0.25, -0.2) is 4.79 Å². The largest absolute Gasteiger partial charge is 0.507 e. The molecule has 0 saturated carbocycles. The van der Waals surface area contributed by atoms with Gasteiger partial charge in [0.05, 0.1) is 43.1 Å². The molecule has 2 heterocycles. The monoisotopic (exact) mass is 546 g/mol. The van der Waals surface area contributed by atoms with Crippen LogP contribution in [0.15, 0.2) is 39.5 Å². The second-order valence-electron chi connectivity index (χ2n) is 9.33. The first-order chi connectivity index (χ1) is 18.1. The van der Waals surface area contributed by atoms with Gasteiger partial charge >= 0.3 is 5.63 Å². The van der Waals surface area contributed by atoms with Crippen molar-refractivity contribution in [3.8, 4) is 17.2 Å². The summed E-state index contributed by atoms with van der Waals surface area (Å²) in [6.45, 7) is 1.43. The summed E-state index contributed by atoms with van der Waals surface area (Å²) in [5.74, 6) is 0.217. The van der Waals surface area contributed by atoms with Gasteiger partial charge in [0.25, 0.3) is 0 Å². The molecule has 10 nitrogen and oxygen atoms in total. The third-order valence-corrected chi connectivity index (χ3v) is 7.36. The Balaban J connectivity index is 1.93. The van der Waals surface area contributed by atoms with Crippen LogP contribution in [0.25, 0.3) is 32.5 Å². The molecule has 5 rings (SSSR count). The zero-order valence-electron chi connectivity index (χ0n) is 20.7. The molecule has 5 N–H and O–H groups in total. The molecule has 3 aromatic carbocycles. The molecule has 0 aliphatic carbocycles. The molecule has 1 unspecified atom stereocenters. The highest BCUT2D eigenvalue weighted by Gasteiger charge is 2.46. The van der Waals surface area contributed by atoms with Crippen LogP contribution < -0.4 is 15.1 Å². The lowest BCUT2D eigenvalue weighted by molar-refractivity contribution is -0.0586. The number of fused-ring (bicyclic) bond motifs is 5. The molecule has 11 heteroatoms. The number of aliphatic hydroxyl groups is 4. The minimum absolute atomic E-state index is 0.0546. The number of aromatic hydroxyl groups is 1. The van der Waals surface area contributed by atoms with Crippen LogP contribution in [0.5, 0.6) is 17.2 Å². The number of aliphatic hydroxyl groups excluding tert-OH is 4. The molecule has 202 valence electrons. The second kappa shape index (κ2) is 9.88. The molecule has 0 spiro atoms. The molecule has 6 atom stereocenters. The van der Waals surface area contributed by atoms with Gasteiger partial charge in [0.2, 0.25) is 0 Å². The Kier molecular flexibility index (Phi) is 6.89. The topological polar surface area (TPSA) is 159 Å². The summed E-state index contributed by atoms with van der Waals surface area (Å²) in [6, 6.07) is 7.50. The third kappa shape index (κ3) is 3.96. The van der Waals surface area contributed by atoms with Crippen LogP contribution in [0.2, 0.25) is 0 Å². The lowest BCUT2D eigenvalue weighted by Crippen LogP contribution is -2.36. The highest BCUT2D eigenvalue weighted by Crippen LogP contribution is 2.47. The van der Waals surface area contributed by atoms with E-state index in [9.17, 15) is 30.3 Å². The molecule has 1 aliphatic rings. The van der Waals surface area contributed by atoms with E-state index in [2.05, 4.69) is 0 Å². The Bertz CT molecular complexity index is 1600. The fraction of sp³-hybridized carbons (Fsp3) is 0.370. The fourth-order valence-corrected chi connectivity index (χ4v) is 5.40. The van der Waals surface area contributed by atoms with Crippen LogP contribution in [-0.4, -0.2) is 70.0 Å². The standard InChI is InChI=1S/C27H27ClO10/c1-10(29)24-22(32)23(33)26(37-24)12-4-5-15(30)21-18(36-3)8-13-19-14(27(34)38-25(13)20(12)21)6-11(16(31)9-28)7-17(19)35-2/h4-8,10,16,22-24,26,29-33H,9H2,1-3H3/t10-,16?,22-,23-,24+,26-/m1/s1. The van der Waals surface area contributed by atoms with Gasteiger partial charge in [-0.2, -0.15) is 0 Å². The summed E-state index contributed by atoms with van der Waals surface area (Å²) in [5, 5.41) is 53.8. The quantitative estimate of drug-likeness (QED) is 0.138. The number of ether oxygens (including phenoxy) is 3. The lowest BCUT2D eigenvalue weighted by atomic mass is 9.92. The average molecular weight is 547 g/mol. The van der Waals surface area contributed by atoms with E-state index in [4.69, 9.17) is 30.2 Å². The molecule has 1 saturated heterocycles. The lowest BCUT2D eigenvalue weighted by Gasteiger charge is -2.21. The number of hydrogen-bond acceptors (Lipinski definition) is 10. The number of rotatable bonds is 6. The predicted octanol–water partition coefficient (Wildman–Crippen LogP) is 2.64. The molecule has 0 radical (unpaired) electrons. The summed E-state index contributed by atoms with van der Waals surface area (Å²) in [7, 11) is 2.83. The molecule has 1 aromatic heterocycles. The van der Waals surface area contributed by atoms with Gasteiger partial charge < -0.3 is 44.2 Å². The normalized spacial score (nSPS) is 23.3. The van der Waals surface area contributed by atoms with Gasteiger partial charge in [-0.05, 0) is 42.3 Å². The van der Waals surface area contributed by atoms with Gasteiger partial charge in [0, 0.05) is 16.2 Å². The molecule has 0 bridgehead atoms. The van der Waals surface area contributed by atoms with E-state index in [1.807, 2.05) is 0 Å². The minimum atomic E-state index is -1.43. The molecular formula is C27H27ClO10. The Hall–Kier alpha value is -3.12. The van der Waals surface area contributed by atoms with E-state index < -0.39 is 42.2 Å². The fourth-order valence-electron chi connectivity index (χ4n) is 5.22. The van der Waals surface area contributed by atoms with Gasteiger partial charge in [0.15, 0.2) is 0 Å². The SMILES string of the molecule is COc1cc2c(oc(=O)c3cc(C(O)CCl)cc(OC)c32)c2c([C@H]3O[C@@H]([C@@H](C)O)[C@H](O)[C@H]3O)ccc(O)c12. The Morgan fingerprint density at radius 2 is 1.66 bits per heavy atom. The van der Waals surface area contributed by atoms with Crippen molar-refractivity contribution < 1.29 is 44.2 Å². The smallest absolute Gasteiger partial charge is 0.344 e. The number of benzene rings is 3. The Morgan fingerprint density at radius 1 is 0.974 bits per heavy atom. The molecule has 1 fully saturated rings. The van der Waals surface area contributed by atoms with Crippen molar-refractivity contribution in [1.29, 1.82) is 0 Å². The van der Waals surface area contributed by atoms with E-state index in [1.54, 1.807) is 12.1 Å². The molecule has 4 aromatic rings.